The van der Waals surface area contributed by atoms with Crippen molar-refractivity contribution in [1.82, 2.24) is 10.6 Å². The average molecular weight is 213 g/mol. The number of hydrogen-bond donors (Lipinski definition) is 3. The van der Waals surface area contributed by atoms with Crippen LogP contribution >= 0.6 is 0 Å². The van der Waals surface area contributed by atoms with Crippen molar-refractivity contribution in [2.45, 2.75) is 38.8 Å². The quantitative estimate of drug-likeness (QED) is 0.583. The minimum atomic E-state index is -0.542. The summed E-state index contributed by atoms with van der Waals surface area (Å²) in [5, 5.41) is 5.38. The lowest BCUT2D eigenvalue weighted by atomic mass is 10.0. The van der Waals surface area contributed by atoms with Crippen LogP contribution in [-0.2, 0) is 9.59 Å². The lowest BCUT2D eigenvalue weighted by Crippen LogP contribution is -2.54. The van der Waals surface area contributed by atoms with E-state index in [1.807, 2.05) is 13.8 Å². The van der Waals surface area contributed by atoms with Crippen LogP contribution in [0.3, 0.4) is 0 Å². The van der Waals surface area contributed by atoms with E-state index >= 15 is 0 Å². The molecule has 1 fully saturated rings. The summed E-state index contributed by atoms with van der Waals surface area (Å²) in [5.41, 5.74) is 5.68. The number of nitrogens with one attached hydrogen (secondary N) is 2. The van der Waals surface area contributed by atoms with Gasteiger partial charge in [-0.15, -0.1) is 0 Å². The Morgan fingerprint density at radius 3 is 2.80 bits per heavy atom. The zero-order valence-corrected chi connectivity index (χ0v) is 9.25. The standard InChI is InChI=1S/C10H19N3O2/c1-6(2)8(11)10(15)13-7-4-3-5-12-9(7)14/h6-8H,3-5,11H2,1-2H3,(H,12,14)(H,13,15)/t7?,8-/m1/s1. The van der Waals surface area contributed by atoms with Crippen LogP contribution in [0.4, 0.5) is 0 Å². The monoisotopic (exact) mass is 213 g/mol. The van der Waals surface area contributed by atoms with Crippen molar-refractivity contribution in [3.05, 3.63) is 0 Å². The van der Waals surface area contributed by atoms with Gasteiger partial charge in [0.2, 0.25) is 11.8 Å². The summed E-state index contributed by atoms with van der Waals surface area (Å²) in [5.74, 6) is -0.269. The van der Waals surface area contributed by atoms with Crippen LogP contribution in [0.5, 0.6) is 0 Å². The first-order chi connectivity index (χ1) is 7.02. The zero-order valence-electron chi connectivity index (χ0n) is 9.25. The predicted molar refractivity (Wildman–Crippen MR) is 57.0 cm³/mol. The molecule has 0 aromatic heterocycles. The fourth-order valence-electron chi connectivity index (χ4n) is 1.48. The molecular formula is C10H19N3O2. The molecule has 2 amide bonds. The molecule has 2 atom stereocenters. The van der Waals surface area contributed by atoms with Gasteiger partial charge >= 0.3 is 0 Å². The van der Waals surface area contributed by atoms with E-state index in [1.54, 1.807) is 0 Å². The molecular weight excluding hydrogens is 194 g/mol. The maximum atomic E-state index is 11.6. The molecule has 0 aromatic rings. The number of nitrogens with two attached hydrogens (primary N) is 1. The third kappa shape index (κ3) is 3.20. The van der Waals surface area contributed by atoms with E-state index in [-0.39, 0.29) is 17.7 Å². The topological polar surface area (TPSA) is 84.2 Å². The molecule has 5 heteroatoms. The van der Waals surface area contributed by atoms with Crippen LogP contribution in [0, 0.1) is 5.92 Å². The zero-order chi connectivity index (χ0) is 11.4. The van der Waals surface area contributed by atoms with E-state index in [9.17, 15) is 9.59 Å². The predicted octanol–water partition coefficient (Wildman–Crippen LogP) is -0.635. The molecule has 0 aromatic carbocycles. The number of piperidine rings is 1. The summed E-state index contributed by atoms with van der Waals surface area (Å²) in [6, 6.07) is -0.948. The second kappa shape index (κ2) is 5.11. The Balaban J connectivity index is 2.46. The Morgan fingerprint density at radius 1 is 1.60 bits per heavy atom. The normalized spacial score (nSPS) is 23.5. The van der Waals surface area contributed by atoms with Gasteiger partial charge in [0.05, 0.1) is 6.04 Å². The highest BCUT2D eigenvalue weighted by molar-refractivity contribution is 5.90. The number of carbonyl (C=O) groups excluding carboxylic acids is 2. The fourth-order valence-corrected chi connectivity index (χ4v) is 1.48. The maximum absolute atomic E-state index is 11.6. The van der Waals surface area contributed by atoms with Crippen molar-refractivity contribution in [2.24, 2.45) is 11.7 Å². The Morgan fingerprint density at radius 2 is 2.27 bits per heavy atom. The van der Waals surface area contributed by atoms with E-state index in [0.717, 1.165) is 6.42 Å². The molecule has 1 unspecified atom stereocenters. The molecule has 0 spiro atoms. The SMILES string of the molecule is CC(C)[C@@H](N)C(=O)NC1CCCNC1=O. The van der Waals surface area contributed by atoms with Crippen molar-refractivity contribution in [2.75, 3.05) is 6.54 Å². The second-order valence-electron chi connectivity index (χ2n) is 4.26. The van der Waals surface area contributed by atoms with Crippen LogP contribution in [-0.4, -0.2) is 30.4 Å². The molecule has 1 aliphatic rings. The molecule has 5 nitrogen and oxygen atoms in total. The Kier molecular flexibility index (Phi) is 4.08. The number of amides is 2. The molecule has 0 radical (unpaired) electrons. The van der Waals surface area contributed by atoms with Gasteiger partial charge in [-0.1, -0.05) is 13.8 Å². The number of carbonyl (C=O) groups is 2. The van der Waals surface area contributed by atoms with Crippen LogP contribution in [0.15, 0.2) is 0 Å². The molecule has 1 saturated heterocycles. The smallest absolute Gasteiger partial charge is 0.242 e. The summed E-state index contributed by atoms with van der Waals surface area (Å²) < 4.78 is 0. The molecule has 1 rings (SSSR count). The minimum absolute atomic E-state index is 0.0802. The first-order valence-electron chi connectivity index (χ1n) is 5.36. The van der Waals surface area contributed by atoms with Crippen molar-refractivity contribution >= 4 is 11.8 Å². The molecule has 86 valence electrons. The van der Waals surface area contributed by atoms with Crippen molar-refractivity contribution in [1.29, 1.82) is 0 Å². The van der Waals surface area contributed by atoms with Gasteiger partial charge in [0.15, 0.2) is 0 Å². The van der Waals surface area contributed by atoms with E-state index in [4.69, 9.17) is 5.73 Å². The van der Waals surface area contributed by atoms with E-state index in [1.165, 1.54) is 0 Å². The number of rotatable bonds is 3. The molecule has 4 N–H and O–H groups in total. The van der Waals surface area contributed by atoms with Crippen LogP contribution < -0.4 is 16.4 Å². The second-order valence-corrected chi connectivity index (χ2v) is 4.26. The van der Waals surface area contributed by atoms with Crippen molar-refractivity contribution < 1.29 is 9.59 Å². The van der Waals surface area contributed by atoms with Crippen molar-refractivity contribution in [3.63, 3.8) is 0 Å². The fraction of sp³-hybridized carbons (Fsp3) is 0.800. The third-order valence-corrected chi connectivity index (χ3v) is 2.62. The highest BCUT2D eigenvalue weighted by Gasteiger charge is 2.26. The van der Waals surface area contributed by atoms with Gasteiger partial charge in [-0.3, -0.25) is 9.59 Å². The largest absolute Gasteiger partial charge is 0.354 e. The summed E-state index contributed by atoms with van der Waals surface area (Å²) in [7, 11) is 0. The molecule has 1 heterocycles. The molecule has 0 bridgehead atoms. The van der Waals surface area contributed by atoms with Crippen molar-refractivity contribution in [3.8, 4) is 0 Å². The molecule has 15 heavy (non-hydrogen) atoms. The van der Waals surface area contributed by atoms with Gasteiger partial charge in [-0.25, -0.2) is 0 Å². The summed E-state index contributed by atoms with van der Waals surface area (Å²) >= 11 is 0. The van der Waals surface area contributed by atoms with Gasteiger partial charge in [0.25, 0.3) is 0 Å². The Hall–Kier alpha value is -1.10. The highest BCUT2D eigenvalue weighted by Crippen LogP contribution is 2.04. The maximum Gasteiger partial charge on any atom is 0.242 e. The lowest BCUT2D eigenvalue weighted by molar-refractivity contribution is -0.131. The Labute approximate surface area is 89.8 Å². The molecule has 0 saturated carbocycles. The first kappa shape index (κ1) is 12.0. The van der Waals surface area contributed by atoms with Gasteiger partial charge in [-0.2, -0.15) is 0 Å². The third-order valence-electron chi connectivity index (χ3n) is 2.62. The average Bonchev–Trinajstić information content (AvgIpc) is 2.20. The van der Waals surface area contributed by atoms with Gasteiger partial charge in [0.1, 0.15) is 6.04 Å². The van der Waals surface area contributed by atoms with E-state index in [0.29, 0.717) is 13.0 Å². The summed E-state index contributed by atoms with van der Waals surface area (Å²) in [6.07, 6.45) is 1.59. The van der Waals surface area contributed by atoms with Crippen LogP contribution in [0.25, 0.3) is 0 Å². The number of hydrogen-bond acceptors (Lipinski definition) is 3. The highest BCUT2D eigenvalue weighted by atomic mass is 16.2. The van der Waals surface area contributed by atoms with Gasteiger partial charge in [0, 0.05) is 6.54 Å². The van der Waals surface area contributed by atoms with E-state index in [2.05, 4.69) is 10.6 Å². The van der Waals surface area contributed by atoms with Gasteiger partial charge < -0.3 is 16.4 Å². The van der Waals surface area contributed by atoms with E-state index < -0.39 is 12.1 Å². The summed E-state index contributed by atoms with van der Waals surface area (Å²) in [6.45, 7) is 4.46. The Bertz CT molecular complexity index is 253. The molecule has 0 aliphatic carbocycles. The van der Waals surface area contributed by atoms with Crippen LogP contribution in [0.1, 0.15) is 26.7 Å². The minimum Gasteiger partial charge on any atom is -0.354 e. The lowest BCUT2D eigenvalue weighted by Gasteiger charge is -2.25. The molecule has 1 aliphatic heterocycles. The summed E-state index contributed by atoms with van der Waals surface area (Å²) in [4.78, 5) is 22.9. The van der Waals surface area contributed by atoms with Crippen LogP contribution in [0.2, 0.25) is 0 Å². The van der Waals surface area contributed by atoms with Gasteiger partial charge in [-0.05, 0) is 18.8 Å². The first-order valence-corrected chi connectivity index (χ1v) is 5.36.